The molecular formula is C26H28FN3O4S. The highest BCUT2D eigenvalue weighted by atomic mass is 32.2. The molecule has 9 heteroatoms. The molecule has 0 aliphatic carbocycles. The average Bonchev–Trinajstić information content (AvgIpc) is 2.88. The third kappa shape index (κ3) is 5.40. The highest BCUT2D eigenvalue weighted by Crippen LogP contribution is 2.27. The van der Waals surface area contributed by atoms with Crippen LogP contribution in [-0.2, 0) is 14.8 Å². The number of nitrogens with zero attached hydrogens (tertiary/aromatic N) is 3. The molecule has 0 unspecified atom stereocenters. The second-order valence-electron chi connectivity index (χ2n) is 8.32. The molecule has 1 fully saturated rings. The molecule has 1 aliphatic heterocycles. The Kier molecular flexibility index (Phi) is 7.25. The Balaban J connectivity index is 1.53. The molecule has 3 aromatic carbocycles. The number of sulfonamides is 1. The Morgan fingerprint density at radius 2 is 1.63 bits per heavy atom. The first-order chi connectivity index (χ1) is 16.8. The third-order valence-electron chi connectivity index (χ3n) is 6.10. The van der Waals surface area contributed by atoms with E-state index in [9.17, 15) is 17.6 Å². The van der Waals surface area contributed by atoms with E-state index >= 15 is 0 Å². The van der Waals surface area contributed by atoms with Crippen molar-refractivity contribution in [2.75, 3.05) is 49.0 Å². The molecular weight excluding hydrogens is 469 g/mol. The Bertz CT molecular complexity index is 1280. The van der Waals surface area contributed by atoms with Crippen LogP contribution in [0.1, 0.15) is 5.56 Å². The molecule has 1 amide bonds. The van der Waals surface area contributed by atoms with Gasteiger partial charge in [0.15, 0.2) is 0 Å². The molecule has 0 aromatic heterocycles. The van der Waals surface area contributed by atoms with Gasteiger partial charge in [-0.3, -0.25) is 9.10 Å². The molecule has 0 bridgehead atoms. The molecule has 7 nitrogen and oxygen atoms in total. The van der Waals surface area contributed by atoms with E-state index in [1.54, 1.807) is 66.4 Å². The number of halogens is 1. The van der Waals surface area contributed by atoms with E-state index in [2.05, 4.69) is 4.90 Å². The van der Waals surface area contributed by atoms with Gasteiger partial charge in [-0.05, 0) is 67.1 Å². The standard InChI is InChI=1S/C26H28FN3O4S/c1-20-18-24(12-13-25(20)34-2)35(32,33)30(23-6-4-3-5-7-23)19-26(31)29-16-14-28(15-17-29)22-10-8-21(27)9-11-22/h3-13,18H,14-17,19H2,1-2H3. The molecule has 1 aliphatic rings. The van der Waals surface area contributed by atoms with Crippen molar-refractivity contribution >= 4 is 27.3 Å². The lowest BCUT2D eigenvalue weighted by Crippen LogP contribution is -2.52. The maximum Gasteiger partial charge on any atom is 0.264 e. The number of hydrogen-bond acceptors (Lipinski definition) is 5. The molecule has 0 radical (unpaired) electrons. The number of rotatable bonds is 7. The summed E-state index contributed by atoms with van der Waals surface area (Å²) in [6, 6.07) is 19.5. The van der Waals surface area contributed by atoms with Crippen LogP contribution in [0.15, 0.2) is 77.7 Å². The molecule has 184 valence electrons. The summed E-state index contributed by atoms with van der Waals surface area (Å²) < 4.78 is 46.9. The van der Waals surface area contributed by atoms with E-state index in [0.717, 1.165) is 9.99 Å². The van der Waals surface area contributed by atoms with Crippen LogP contribution < -0.4 is 13.9 Å². The molecule has 4 rings (SSSR count). The summed E-state index contributed by atoms with van der Waals surface area (Å²) in [5, 5.41) is 0. The van der Waals surface area contributed by atoms with E-state index in [1.165, 1.54) is 25.3 Å². The van der Waals surface area contributed by atoms with Crippen molar-refractivity contribution in [2.24, 2.45) is 0 Å². The zero-order chi connectivity index (χ0) is 25.0. The first-order valence-electron chi connectivity index (χ1n) is 11.3. The van der Waals surface area contributed by atoms with E-state index < -0.39 is 10.0 Å². The zero-order valence-corrected chi connectivity index (χ0v) is 20.5. The summed E-state index contributed by atoms with van der Waals surface area (Å²) in [4.78, 5) is 17.1. The van der Waals surface area contributed by atoms with Gasteiger partial charge in [0, 0.05) is 31.9 Å². The number of aryl methyl sites for hydroxylation is 1. The maximum absolute atomic E-state index is 13.6. The van der Waals surface area contributed by atoms with Crippen LogP contribution in [0.3, 0.4) is 0 Å². The van der Waals surface area contributed by atoms with Gasteiger partial charge in [0.25, 0.3) is 10.0 Å². The molecule has 1 saturated heterocycles. The van der Waals surface area contributed by atoms with Crippen LogP contribution in [0.5, 0.6) is 5.75 Å². The second-order valence-corrected chi connectivity index (χ2v) is 10.2. The molecule has 3 aromatic rings. The molecule has 1 heterocycles. The van der Waals surface area contributed by atoms with Gasteiger partial charge in [-0.15, -0.1) is 0 Å². The monoisotopic (exact) mass is 497 g/mol. The number of carbonyl (C=O) groups is 1. The van der Waals surface area contributed by atoms with Crippen molar-refractivity contribution < 1.29 is 22.3 Å². The summed E-state index contributed by atoms with van der Waals surface area (Å²) in [7, 11) is -2.48. The number of hydrogen-bond donors (Lipinski definition) is 0. The van der Waals surface area contributed by atoms with Crippen LogP contribution >= 0.6 is 0 Å². The van der Waals surface area contributed by atoms with Crippen LogP contribution in [0.4, 0.5) is 15.8 Å². The minimum absolute atomic E-state index is 0.0913. The van der Waals surface area contributed by atoms with E-state index in [-0.39, 0.29) is 23.2 Å². The number of piperazine rings is 1. The predicted octanol–water partition coefficient (Wildman–Crippen LogP) is 3.69. The van der Waals surface area contributed by atoms with E-state index in [4.69, 9.17) is 4.74 Å². The van der Waals surface area contributed by atoms with Gasteiger partial charge in [0.1, 0.15) is 18.1 Å². The number of ether oxygens (including phenoxy) is 1. The Morgan fingerprint density at radius 1 is 0.971 bits per heavy atom. The van der Waals surface area contributed by atoms with Crippen LogP contribution in [0, 0.1) is 12.7 Å². The highest BCUT2D eigenvalue weighted by molar-refractivity contribution is 7.92. The first-order valence-corrected chi connectivity index (χ1v) is 12.7. The minimum Gasteiger partial charge on any atom is -0.496 e. The SMILES string of the molecule is COc1ccc(S(=O)(=O)N(CC(=O)N2CCN(c3ccc(F)cc3)CC2)c2ccccc2)cc1C. The number of amides is 1. The fraction of sp³-hybridized carbons (Fsp3) is 0.269. The largest absolute Gasteiger partial charge is 0.496 e. The predicted molar refractivity (Wildman–Crippen MR) is 134 cm³/mol. The third-order valence-corrected chi connectivity index (χ3v) is 7.87. The number of para-hydroxylation sites is 1. The Labute approximate surface area is 205 Å². The summed E-state index contributed by atoms with van der Waals surface area (Å²) >= 11 is 0. The fourth-order valence-corrected chi connectivity index (χ4v) is 5.64. The first kappa shape index (κ1) is 24.5. The summed E-state index contributed by atoms with van der Waals surface area (Å²) in [6.45, 7) is 3.51. The van der Waals surface area contributed by atoms with Gasteiger partial charge in [0.2, 0.25) is 5.91 Å². The number of methoxy groups -OCH3 is 1. The lowest BCUT2D eigenvalue weighted by Gasteiger charge is -2.37. The van der Waals surface area contributed by atoms with Gasteiger partial charge in [-0.2, -0.15) is 0 Å². The van der Waals surface area contributed by atoms with E-state index in [0.29, 0.717) is 43.2 Å². The van der Waals surface area contributed by atoms with Crippen molar-refractivity contribution in [3.8, 4) is 5.75 Å². The van der Waals surface area contributed by atoms with Gasteiger partial charge in [-0.25, -0.2) is 12.8 Å². The average molecular weight is 498 g/mol. The summed E-state index contributed by atoms with van der Waals surface area (Å²) in [5.41, 5.74) is 1.99. The second kappa shape index (κ2) is 10.4. The zero-order valence-electron chi connectivity index (χ0n) is 19.7. The van der Waals surface area contributed by atoms with E-state index in [1.807, 2.05) is 0 Å². The van der Waals surface area contributed by atoms with Crippen molar-refractivity contribution in [3.63, 3.8) is 0 Å². The van der Waals surface area contributed by atoms with Gasteiger partial charge in [-0.1, -0.05) is 18.2 Å². The number of benzene rings is 3. The van der Waals surface area contributed by atoms with Crippen molar-refractivity contribution in [2.45, 2.75) is 11.8 Å². The normalized spacial score (nSPS) is 14.0. The van der Waals surface area contributed by atoms with Crippen molar-refractivity contribution in [1.82, 2.24) is 4.90 Å². The summed E-state index contributed by atoms with van der Waals surface area (Å²) in [5.74, 6) is 0.0172. The number of carbonyl (C=O) groups excluding carboxylic acids is 1. The molecule has 0 spiro atoms. The van der Waals surface area contributed by atoms with Gasteiger partial charge in [0.05, 0.1) is 17.7 Å². The number of anilines is 2. The Morgan fingerprint density at radius 3 is 2.23 bits per heavy atom. The van der Waals surface area contributed by atoms with Crippen LogP contribution in [0.2, 0.25) is 0 Å². The van der Waals surface area contributed by atoms with Crippen molar-refractivity contribution in [3.05, 3.63) is 84.2 Å². The fourth-order valence-electron chi connectivity index (χ4n) is 4.14. The van der Waals surface area contributed by atoms with Gasteiger partial charge < -0.3 is 14.5 Å². The summed E-state index contributed by atoms with van der Waals surface area (Å²) in [6.07, 6.45) is 0. The van der Waals surface area contributed by atoms with Crippen molar-refractivity contribution in [1.29, 1.82) is 0 Å². The van der Waals surface area contributed by atoms with Crippen LogP contribution in [0.25, 0.3) is 0 Å². The molecule has 0 N–H and O–H groups in total. The quantitative estimate of drug-likeness (QED) is 0.498. The molecule has 0 saturated carbocycles. The lowest BCUT2D eigenvalue weighted by atomic mass is 10.2. The minimum atomic E-state index is -4.01. The topological polar surface area (TPSA) is 70.2 Å². The Hall–Kier alpha value is -3.59. The van der Waals surface area contributed by atoms with Crippen LogP contribution in [-0.4, -0.2) is 59.1 Å². The van der Waals surface area contributed by atoms with Gasteiger partial charge >= 0.3 is 0 Å². The lowest BCUT2D eigenvalue weighted by molar-refractivity contribution is -0.129. The highest BCUT2D eigenvalue weighted by Gasteiger charge is 2.30. The smallest absolute Gasteiger partial charge is 0.264 e. The molecule has 35 heavy (non-hydrogen) atoms. The molecule has 0 atom stereocenters. The maximum atomic E-state index is 13.6.